The number of benzene rings is 1. The van der Waals surface area contributed by atoms with Gasteiger partial charge in [0.25, 0.3) is 0 Å². The van der Waals surface area contributed by atoms with Crippen LogP contribution < -0.4 is 14.4 Å². The highest BCUT2D eigenvalue weighted by atomic mass is 32.2. The summed E-state index contributed by atoms with van der Waals surface area (Å²) in [4.78, 5) is 23.8. The summed E-state index contributed by atoms with van der Waals surface area (Å²) in [6.45, 7) is 1.46. The van der Waals surface area contributed by atoms with Gasteiger partial charge in [-0.25, -0.2) is 8.42 Å². The van der Waals surface area contributed by atoms with Gasteiger partial charge in [-0.05, 0) is 19.1 Å². The molecule has 29 heavy (non-hydrogen) atoms. The number of aromatic nitrogens is 2. The second-order valence-electron chi connectivity index (χ2n) is 5.66. The Morgan fingerprint density at radius 1 is 1.31 bits per heavy atom. The van der Waals surface area contributed by atoms with E-state index in [1.54, 1.807) is 18.2 Å². The first kappa shape index (κ1) is 22.9. The third-order valence-electron chi connectivity index (χ3n) is 3.57. The molecule has 0 spiro atoms. The highest BCUT2D eigenvalue weighted by Gasteiger charge is 2.30. The predicted molar refractivity (Wildman–Crippen MR) is 111 cm³/mol. The smallest absolute Gasteiger partial charge is 0.316 e. The Balaban J connectivity index is 2.15. The van der Waals surface area contributed by atoms with Gasteiger partial charge in [0.1, 0.15) is 11.8 Å². The number of rotatable bonds is 9. The predicted octanol–water partition coefficient (Wildman–Crippen LogP) is 1.60. The van der Waals surface area contributed by atoms with Crippen molar-refractivity contribution in [3.63, 3.8) is 0 Å². The second kappa shape index (κ2) is 9.89. The molecular formula is C16H20N4O6S3. The van der Waals surface area contributed by atoms with E-state index >= 15 is 0 Å². The van der Waals surface area contributed by atoms with Gasteiger partial charge in [0.15, 0.2) is 4.34 Å². The van der Waals surface area contributed by atoms with Crippen LogP contribution in [0.3, 0.4) is 0 Å². The molecule has 1 N–H and O–H groups in total. The molecular weight excluding hydrogens is 440 g/mol. The maximum atomic E-state index is 12.7. The summed E-state index contributed by atoms with van der Waals surface area (Å²) >= 11 is 2.19. The average Bonchev–Trinajstić information content (AvgIpc) is 3.12. The number of amides is 1. The maximum Gasteiger partial charge on any atom is 0.316 e. The molecule has 10 nitrogen and oxygen atoms in total. The van der Waals surface area contributed by atoms with Gasteiger partial charge in [0.05, 0.1) is 31.9 Å². The van der Waals surface area contributed by atoms with E-state index in [-0.39, 0.29) is 10.9 Å². The van der Waals surface area contributed by atoms with Gasteiger partial charge in [-0.2, -0.15) is 0 Å². The van der Waals surface area contributed by atoms with E-state index in [0.29, 0.717) is 15.8 Å². The molecule has 0 aliphatic rings. The van der Waals surface area contributed by atoms with Gasteiger partial charge < -0.3 is 9.47 Å². The summed E-state index contributed by atoms with van der Waals surface area (Å²) in [5, 5.41) is 10.5. The van der Waals surface area contributed by atoms with Crippen LogP contribution in [0.1, 0.15) is 6.92 Å². The number of carbonyl (C=O) groups is 2. The minimum Gasteiger partial charge on any atom is -0.497 e. The Bertz CT molecular complexity index is 979. The number of ether oxygens (including phenoxy) is 2. The van der Waals surface area contributed by atoms with Gasteiger partial charge in [-0.3, -0.25) is 19.2 Å². The van der Waals surface area contributed by atoms with E-state index in [0.717, 1.165) is 33.7 Å². The van der Waals surface area contributed by atoms with Crippen LogP contribution in [-0.2, 0) is 24.3 Å². The first-order valence-electron chi connectivity index (χ1n) is 8.13. The van der Waals surface area contributed by atoms with Crippen LogP contribution in [0.5, 0.6) is 5.75 Å². The van der Waals surface area contributed by atoms with Crippen molar-refractivity contribution in [3.8, 4) is 5.75 Å². The standard InChI is InChI=1S/C16H20N4O6S3/c1-10(20(29(4,23)24)11-6-5-7-12(8-11)25-2)14(22)17-15-18-19-16(28-15)27-9-13(21)26-3/h5-8,10H,9H2,1-4H3,(H,17,18,22)/t10-/m0/s1. The fraction of sp³-hybridized carbons (Fsp3) is 0.375. The van der Waals surface area contributed by atoms with Crippen LogP contribution in [0.2, 0.25) is 0 Å². The second-order valence-corrected chi connectivity index (χ2v) is 9.72. The Hall–Kier alpha value is -2.38. The summed E-state index contributed by atoms with van der Waals surface area (Å²) < 4.78 is 35.8. The lowest BCUT2D eigenvalue weighted by atomic mass is 10.2. The third-order valence-corrected chi connectivity index (χ3v) is 6.76. The van der Waals surface area contributed by atoms with Gasteiger partial charge in [0.2, 0.25) is 21.1 Å². The zero-order valence-corrected chi connectivity index (χ0v) is 18.6. The number of thioether (sulfide) groups is 1. The number of hydrogen-bond acceptors (Lipinski definition) is 10. The summed E-state index contributed by atoms with van der Waals surface area (Å²) in [7, 11) is -1.02. The minimum absolute atomic E-state index is 0.0627. The lowest BCUT2D eigenvalue weighted by Crippen LogP contribution is -2.45. The first-order chi connectivity index (χ1) is 13.7. The summed E-state index contributed by atoms with van der Waals surface area (Å²) in [5.41, 5.74) is 0.293. The first-order valence-corrected chi connectivity index (χ1v) is 11.8. The molecule has 1 heterocycles. The molecule has 0 saturated carbocycles. The van der Waals surface area contributed by atoms with E-state index in [1.165, 1.54) is 27.2 Å². The normalized spacial score (nSPS) is 12.1. The molecule has 13 heteroatoms. The minimum atomic E-state index is -3.77. The number of sulfonamides is 1. The Kier molecular flexibility index (Phi) is 7.81. The Morgan fingerprint density at radius 3 is 2.66 bits per heavy atom. The van der Waals surface area contributed by atoms with Crippen molar-refractivity contribution < 1.29 is 27.5 Å². The fourth-order valence-electron chi connectivity index (χ4n) is 2.26. The SMILES string of the molecule is COC(=O)CSc1nnc(NC(=O)[C@H](C)N(c2cccc(OC)c2)S(C)(=O)=O)s1. The van der Waals surface area contributed by atoms with Crippen molar-refractivity contribution in [3.05, 3.63) is 24.3 Å². The van der Waals surface area contributed by atoms with Crippen LogP contribution in [-0.4, -0.2) is 62.8 Å². The molecule has 1 aromatic heterocycles. The molecule has 0 unspecified atom stereocenters. The molecule has 2 rings (SSSR count). The van der Waals surface area contributed by atoms with E-state index in [9.17, 15) is 18.0 Å². The summed E-state index contributed by atoms with van der Waals surface area (Å²) in [6.07, 6.45) is 1.02. The van der Waals surface area contributed by atoms with Gasteiger partial charge in [-0.15, -0.1) is 10.2 Å². The highest BCUT2D eigenvalue weighted by Crippen LogP contribution is 2.28. The number of carbonyl (C=O) groups excluding carboxylic acids is 2. The number of anilines is 2. The largest absolute Gasteiger partial charge is 0.497 e. The van der Waals surface area contributed by atoms with Crippen molar-refractivity contribution in [2.24, 2.45) is 0 Å². The number of methoxy groups -OCH3 is 2. The molecule has 1 amide bonds. The van der Waals surface area contributed by atoms with Gasteiger partial charge in [0, 0.05) is 6.07 Å². The van der Waals surface area contributed by atoms with Crippen molar-refractivity contribution in [1.29, 1.82) is 0 Å². The number of nitrogens with one attached hydrogen (secondary N) is 1. The molecule has 0 bridgehead atoms. The fourth-order valence-corrected chi connectivity index (χ4v) is 5.02. The number of nitrogens with zero attached hydrogens (tertiary/aromatic N) is 3. The Labute approximate surface area is 176 Å². The number of esters is 1. The van der Waals surface area contributed by atoms with Crippen LogP contribution in [0.25, 0.3) is 0 Å². The monoisotopic (exact) mass is 460 g/mol. The van der Waals surface area contributed by atoms with Crippen molar-refractivity contribution in [2.45, 2.75) is 17.3 Å². The number of hydrogen-bond donors (Lipinski definition) is 1. The zero-order valence-electron chi connectivity index (χ0n) is 16.1. The molecule has 2 aromatic rings. The zero-order chi connectivity index (χ0) is 21.6. The van der Waals surface area contributed by atoms with Crippen LogP contribution in [0, 0.1) is 0 Å². The van der Waals surface area contributed by atoms with Crippen LogP contribution in [0.15, 0.2) is 28.6 Å². The molecule has 158 valence electrons. The van der Waals surface area contributed by atoms with Gasteiger partial charge >= 0.3 is 5.97 Å². The summed E-state index contributed by atoms with van der Waals surface area (Å²) in [6, 6.07) is 5.33. The molecule has 0 fully saturated rings. The van der Waals surface area contributed by atoms with Crippen molar-refractivity contribution in [1.82, 2.24) is 10.2 Å². The van der Waals surface area contributed by atoms with E-state index in [4.69, 9.17) is 4.74 Å². The lowest BCUT2D eigenvalue weighted by molar-refractivity contribution is -0.137. The third kappa shape index (κ3) is 6.30. The average molecular weight is 461 g/mol. The molecule has 0 aliphatic heterocycles. The molecule has 0 aliphatic carbocycles. The highest BCUT2D eigenvalue weighted by molar-refractivity contribution is 8.01. The van der Waals surface area contributed by atoms with E-state index in [2.05, 4.69) is 20.3 Å². The lowest BCUT2D eigenvalue weighted by Gasteiger charge is -2.28. The van der Waals surface area contributed by atoms with Gasteiger partial charge in [-0.1, -0.05) is 29.2 Å². The molecule has 1 atom stereocenters. The quantitative estimate of drug-likeness (QED) is 0.337. The molecule has 0 saturated heterocycles. The van der Waals surface area contributed by atoms with E-state index in [1.807, 2.05) is 0 Å². The molecule has 0 radical (unpaired) electrons. The molecule has 1 aromatic carbocycles. The van der Waals surface area contributed by atoms with Crippen molar-refractivity contribution >= 4 is 55.8 Å². The van der Waals surface area contributed by atoms with Crippen LogP contribution >= 0.6 is 23.1 Å². The topological polar surface area (TPSA) is 128 Å². The maximum absolute atomic E-state index is 12.7. The van der Waals surface area contributed by atoms with Crippen molar-refractivity contribution in [2.75, 3.05) is 35.9 Å². The summed E-state index contributed by atoms with van der Waals surface area (Å²) in [5.74, 6) is -0.474. The van der Waals surface area contributed by atoms with Crippen LogP contribution in [0.4, 0.5) is 10.8 Å². The van der Waals surface area contributed by atoms with E-state index < -0.39 is 27.9 Å². The Morgan fingerprint density at radius 2 is 2.03 bits per heavy atom.